The molecule has 7 aromatic carbocycles. The molecular formula is C45H31N3O. The van der Waals surface area contributed by atoms with Gasteiger partial charge < -0.3 is 9.73 Å². The number of rotatable bonds is 6. The maximum absolute atomic E-state index is 6.44. The minimum absolute atomic E-state index is 0.463. The van der Waals surface area contributed by atoms with Gasteiger partial charge >= 0.3 is 0 Å². The molecule has 4 heteroatoms. The molecular weight excluding hydrogens is 599 g/mol. The van der Waals surface area contributed by atoms with Crippen LogP contribution in [0.25, 0.3) is 55.3 Å². The molecule has 0 amide bonds. The Balaban J connectivity index is 1.09. The van der Waals surface area contributed by atoms with Gasteiger partial charge in [0.05, 0.1) is 0 Å². The van der Waals surface area contributed by atoms with Gasteiger partial charge in [-0.1, -0.05) is 158 Å². The van der Waals surface area contributed by atoms with Crippen molar-refractivity contribution in [3.63, 3.8) is 0 Å². The van der Waals surface area contributed by atoms with Crippen LogP contribution >= 0.6 is 0 Å². The molecule has 0 spiro atoms. The summed E-state index contributed by atoms with van der Waals surface area (Å²) in [5.41, 5.74) is 11.7. The minimum Gasteiger partial charge on any atom is -0.456 e. The van der Waals surface area contributed by atoms with Crippen molar-refractivity contribution in [2.45, 2.75) is 6.17 Å². The molecule has 49 heavy (non-hydrogen) atoms. The highest BCUT2D eigenvalue weighted by Crippen LogP contribution is 2.38. The molecule has 0 bridgehead atoms. The standard InChI is InChI=1S/C45H31N3O/c1-4-11-30(12-5-1)32-19-21-33(22-20-32)34-23-25-36(26-24-34)44-46-43(35-15-8-3-9-16-35)47-45(48-44)39-17-10-18-40-42(39)38-28-27-37(29-41(38)49-40)31-13-6-2-7-14-31/h1-29,45H,(H,46,47,48). The van der Waals surface area contributed by atoms with E-state index in [1.165, 1.54) is 16.7 Å². The van der Waals surface area contributed by atoms with Crippen molar-refractivity contribution in [2.24, 2.45) is 9.98 Å². The molecule has 1 aliphatic heterocycles. The highest BCUT2D eigenvalue weighted by atomic mass is 16.3. The van der Waals surface area contributed by atoms with E-state index in [4.69, 9.17) is 14.4 Å². The third kappa shape index (κ3) is 5.49. The Bertz CT molecular complexity index is 2480. The lowest BCUT2D eigenvalue weighted by atomic mass is 9.99. The third-order valence-corrected chi connectivity index (χ3v) is 9.19. The maximum Gasteiger partial charge on any atom is 0.170 e. The SMILES string of the molecule is c1ccc(C2=NC(c3cccc4oc5cc(-c6ccccc6)ccc5c34)N=C(c3ccc(-c4ccc(-c5ccccc5)cc4)cc3)N2)cc1. The topological polar surface area (TPSA) is 49.9 Å². The predicted molar refractivity (Wildman–Crippen MR) is 202 cm³/mol. The fourth-order valence-electron chi connectivity index (χ4n) is 6.66. The molecule has 1 aliphatic rings. The quantitative estimate of drug-likeness (QED) is 0.199. The summed E-state index contributed by atoms with van der Waals surface area (Å²) in [4.78, 5) is 10.4. The van der Waals surface area contributed by atoms with Crippen LogP contribution in [0.15, 0.2) is 190 Å². The molecule has 4 nitrogen and oxygen atoms in total. The fourth-order valence-corrected chi connectivity index (χ4v) is 6.66. The first-order valence-electron chi connectivity index (χ1n) is 16.5. The summed E-state index contributed by atoms with van der Waals surface area (Å²) < 4.78 is 6.44. The van der Waals surface area contributed by atoms with Gasteiger partial charge in [-0.2, -0.15) is 0 Å². The maximum atomic E-state index is 6.44. The summed E-state index contributed by atoms with van der Waals surface area (Å²) in [6.07, 6.45) is -0.463. The average Bonchev–Trinajstić information content (AvgIpc) is 3.57. The molecule has 0 aliphatic carbocycles. The Morgan fingerprint density at radius 3 is 1.41 bits per heavy atom. The zero-order chi connectivity index (χ0) is 32.6. The monoisotopic (exact) mass is 629 g/mol. The molecule has 0 radical (unpaired) electrons. The minimum atomic E-state index is -0.463. The number of hydrogen-bond acceptors (Lipinski definition) is 4. The van der Waals surface area contributed by atoms with Gasteiger partial charge in [-0.25, -0.2) is 9.98 Å². The van der Waals surface area contributed by atoms with Gasteiger partial charge in [0.15, 0.2) is 6.17 Å². The molecule has 1 aromatic heterocycles. The molecule has 1 N–H and O–H groups in total. The number of nitrogens with zero attached hydrogens (tertiary/aromatic N) is 2. The molecule has 0 saturated heterocycles. The number of benzene rings is 7. The van der Waals surface area contributed by atoms with E-state index in [2.05, 4.69) is 139 Å². The summed E-state index contributed by atoms with van der Waals surface area (Å²) in [6, 6.07) is 61.0. The van der Waals surface area contributed by atoms with E-state index < -0.39 is 6.17 Å². The van der Waals surface area contributed by atoms with Gasteiger partial charge in [0.25, 0.3) is 0 Å². The van der Waals surface area contributed by atoms with Gasteiger partial charge in [0.1, 0.15) is 22.8 Å². The highest BCUT2D eigenvalue weighted by molar-refractivity contribution is 6.16. The molecule has 0 fully saturated rings. The van der Waals surface area contributed by atoms with E-state index in [0.29, 0.717) is 0 Å². The molecule has 232 valence electrons. The van der Waals surface area contributed by atoms with E-state index in [-0.39, 0.29) is 0 Å². The summed E-state index contributed by atoms with van der Waals surface area (Å²) in [5.74, 6) is 1.56. The van der Waals surface area contributed by atoms with Crippen LogP contribution in [0, 0.1) is 0 Å². The second-order valence-corrected chi connectivity index (χ2v) is 12.2. The molecule has 0 saturated carbocycles. The summed E-state index contributed by atoms with van der Waals surface area (Å²) >= 11 is 0. The Kier molecular flexibility index (Phi) is 7.17. The van der Waals surface area contributed by atoms with E-state index in [9.17, 15) is 0 Å². The first-order valence-corrected chi connectivity index (χ1v) is 16.5. The van der Waals surface area contributed by atoms with Crippen molar-refractivity contribution >= 4 is 33.6 Å². The Morgan fingerprint density at radius 1 is 0.388 bits per heavy atom. The summed E-state index contributed by atoms with van der Waals surface area (Å²) in [6.45, 7) is 0. The first kappa shape index (κ1) is 28.7. The number of amidine groups is 2. The molecule has 1 atom stereocenters. The third-order valence-electron chi connectivity index (χ3n) is 9.19. The number of furan rings is 1. The van der Waals surface area contributed by atoms with Crippen LogP contribution in [0.5, 0.6) is 0 Å². The van der Waals surface area contributed by atoms with Crippen LogP contribution < -0.4 is 5.32 Å². The Hall–Kier alpha value is -6.52. The molecule has 8 aromatic rings. The number of nitrogens with one attached hydrogen (secondary N) is 1. The molecule has 9 rings (SSSR count). The molecule has 2 heterocycles. The van der Waals surface area contributed by atoms with Crippen molar-refractivity contribution in [3.8, 4) is 33.4 Å². The van der Waals surface area contributed by atoms with E-state index in [1.807, 2.05) is 42.5 Å². The van der Waals surface area contributed by atoms with Gasteiger partial charge in [0, 0.05) is 27.5 Å². The van der Waals surface area contributed by atoms with Gasteiger partial charge in [-0.05, 0) is 51.6 Å². The largest absolute Gasteiger partial charge is 0.456 e. The smallest absolute Gasteiger partial charge is 0.170 e. The summed E-state index contributed by atoms with van der Waals surface area (Å²) in [5, 5.41) is 5.65. The number of hydrogen-bond donors (Lipinski definition) is 1. The zero-order valence-electron chi connectivity index (χ0n) is 26.6. The Morgan fingerprint density at radius 2 is 0.837 bits per heavy atom. The van der Waals surface area contributed by atoms with Crippen molar-refractivity contribution in [3.05, 3.63) is 193 Å². The van der Waals surface area contributed by atoms with E-state index in [1.54, 1.807) is 0 Å². The predicted octanol–water partition coefficient (Wildman–Crippen LogP) is 11.1. The lowest BCUT2D eigenvalue weighted by Gasteiger charge is -2.23. The highest BCUT2D eigenvalue weighted by Gasteiger charge is 2.24. The lowest BCUT2D eigenvalue weighted by Crippen LogP contribution is -2.36. The van der Waals surface area contributed by atoms with Crippen LogP contribution in [-0.2, 0) is 0 Å². The first-order chi connectivity index (χ1) is 24.3. The van der Waals surface area contributed by atoms with E-state index in [0.717, 1.165) is 67.0 Å². The lowest BCUT2D eigenvalue weighted by molar-refractivity contribution is 0.668. The summed E-state index contributed by atoms with van der Waals surface area (Å²) in [7, 11) is 0. The normalized spacial score (nSPS) is 14.3. The van der Waals surface area contributed by atoms with Gasteiger partial charge in [0.2, 0.25) is 0 Å². The second-order valence-electron chi connectivity index (χ2n) is 12.2. The van der Waals surface area contributed by atoms with E-state index >= 15 is 0 Å². The van der Waals surface area contributed by atoms with Gasteiger partial charge in [-0.15, -0.1) is 0 Å². The average molecular weight is 630 g/mol. The molecule has 1 unspecified atom stereocenters. The van der Waals surface area contributed by atoms with Crippen molar-refractivity contribution in [1.82, 2.24) is 5.32 Å². The Labute approximate surface area is 284 Å². The number of aliphatic imine (C=N–C) groups is 2. The van der Waals surface area contributed by atoms with Crippen LogP contribution in [0.4, 0.5) is 0 Å². The van der Waals surface area contributed by atoms with Crippen molar-refractivity contribution in [1.29, 1.82) is 0 Å². The van der Waals surface area contributed by atoms with Crippen molar-refractivity contribution in [2.75, 3.05) is 0 Å². The van der Waals surface area contributed by atoms with Crippen LogP contribution in [0.2, 0.25) is 0 Å². The van der Waals surface area contributed by atoms with Crippen LogP contribution in [0.1, 0.15) is 22.9 Å². The van der Waals surface area contributed by atoms with Gasteiger partial charge in [-0.3, -0.25) is 0 Å². The number of fused-ring (bicyclic) bond motifs is 3. The van der Waals surface area contributed by atoms with Crippen LogP contribution in [0.3, 0.4) is 0 Å². The second kappa shape index (κ2) is 12.3. The van der Waals surface area contributed by atoms with Crippen molar-refractivity contribution < 1.29 is 4.42 Å². The van der Waals surface area contributed by atoms with Crippen LogP contribution in [-0.4, -0.2) is 11.7 Å². The zero-order valence-corrected chi connectivity index (χ0v) is 26.6. The fraction of sp³-hybridized carbons (Fsp3) is 0.0222.